The molecule has 42 heavy (non-hydrogen) atoms. The zero-order valence-electron chi connectivity index (χ0n) is 25.8. The van der Waals surface area contributed by atoms with Crippen LogP contribution in [-0.2, 0) is 19.6 Å². The van der Waals surface area contributed by atoms with E-state index in [4.69, 9.17) is 19.9 Å². The molecule has 1 aromatic carbocycles. The van der Waals surface area contributed by atoms with Crippen LogP contribution in [0.4, 0.5) is 16.3 Å². The number of likely N-dealkylation sites (N-methyl/N-ethyl adjacent to an activating group) is 1. The molecular formula is C30H44N8O4. The van der Waals surface area contributed by atoms with Gasteiger partial charge in [-0.2, -0.15) is 0 Å². The quantitative estimate of drug-likeness (QED) is 0.360. The maximum atomic E-state index is 12.8. The predicted octanol–water partition coefficient (Wildman–Crippen LogP) is 4.05. The number of amides is 2. The number of nitrogens with zero attached hydrogens (tertiary/aromatic N) is 5. The first-order valence-electron chi connectivity index (χ1n) is 14.4. The van der Waals surface area contributed by atoms with Crippen molar-refractivity contribution in [2.24, 2.45) is 0 Å². The van der Waals surface area contributed by atoms with E-state index in [1.807, 2.05) is 51.4 Å². The third kappa shape index (κ3) is 6.51. The van der Waals surface area contributed by atoms with Gasteiger partial charge in [0, 0.05) is 24.3 Å². The molecule has 3 aromatic rings. The lowest BCUT2D eigenvalue weighted by molar-refractivity contribution is -0.197. The van der Waals surface area contributed by atoms with Crippen LogP contribution in [0.2, 0.25) is 0 Å². The molecular weight excluding hydrogens is 536 g/mol. The van der Waals surface area contributed by atoms with Crippen LogP contribution in [0, 0.1) is 0 Å². The molecule has 1 unspecified atom stereocenters. The normalized spacial score (nSPS) is 23.8. The summed E-state index contributed by atoms with van der Waals surface area (Å²) in [6.07, 6.45) is 2.47. The molecule has 0 radical (unpaired) electrons. The van der Waals surface area contributed by atoms with Gasteiger partial charge < -0.3 is 35.5 Å². The lowest BCUT2D eigenvalue weighted by Gasteiger charge is -2.31. The van der Waals surface area contributed by atoms with Crippen molar-refractivity contribution in [1.29, 1.82) is 0 Å². The number of ether oxygens (including phenoxy) is 3. The highest BCUT2D eigenvalue weighted by Crippen LogP contribution is 2.44. The first kappa shape index (κ1) is 30.1. The summed E-state index contributed by atoms with van der Waals surface area (Å²) < 4.78 is 21.0. The largest absolute Gasteiger partial charge is 0.382 e. The fourth-order valence-electron chi connectivity index (χ4n) is 5.54. The standard InChI is InChI=1S/C30H44N8O4/c1-28(2,3)18-9-11-19(12-10-18)35-27(39)36-29(4,5)13-14-37(8)15-20-22-23(42-30(6,7)41-22)26(40-20)38-17-34-21-24(31)32-16-33-25(21)38/h9-12,16-17,20,22-23,26H,13-15H2,1-8H3,(H2,31,32,33)(H2,35,36,39)/t20-,22-,23-,26?/m1/s1. The Morgan fingerprint density at radius 1 is 1.07 bits per heavy atom. The Hall–Kier alpha value is -3.32. The van der Waals surface area contributed by atoms with Crippen LogP contribution in [0.5, 0.6) is 0 Å². The molecule has 0 saturated carbocycles. The lowest BCUT2D eigenvalue weighted by atomic mass is 9.87. The maximum absolute atomic E-state index is 12.8. The van der Waals surface area contributed by atoms with Crippen molar-refractivity contribution in [3.05, 3.63) is 42.5 Å². The first-order chi connectivity index (χ1) is 19.6. The fourth-order valence-corrected chi connectivity index (χ4v) is 5.54. The molecule has 4 atom stereocenters. The number of benzene rings is 1. The summed E-state index contributed by atoms with van der Waals surface area (Å²) >= 11 is 0. The van der Waals surface area contributed by atoms with Gasteiger partial charge in [0.25, 0.3) is 0 Å². The Labute approximate surface area is 247 Å². The summed E-state index contributed by atoms with van der Waals surface area (Å²) in [6.45, 7) is 15.7. The van der Waals surface area contributed by atoms with Crippen molar-refractivity contribution in [1.82, 2.24) is 29.7 Å². The van der Waals surface area contributed by atoms with Crippen molar-refractivity contribution >= 4 is 28.7 Å². The van der Waals surface area contributed by atoms with Gasteiger partial charge in [0.2, 0.25) is 0 Å². The Bertz CT molecular complexity index is 1410. The van der Waals surface area contributed by atoms with Gasteiger partial charge in [0.1, 0.15) is 30.2 Å². The van der Waals surface area contributed by atoms with Gasteiger partial charge in [-0.25, -0.2) is 19.7 Å². The smallest absolute Gasteiger partial charge is 0.319 e. The molecule has 4 N–H and O–H groups in total. The molecule has 2 fully saturated rings. The summed E-state index contributed by atoms with van der Waals surface area (Å²) in [4.78, 5) is 27.8. The van der Waals surface area contributed by atoms with Crippen molar-refractivity contribution < 1.29 is 19.0 Å². The molecule has 0 bridgehead atoms. The summed E-state index contributed by atoms with van der Waals surface area (Å²) in [5, 5.41) is 6.06. The molecule has 228 valence electrons. The summed E-state index contributed by atoms with van der Waals surface area (Å²) in [7, 11) is 2.04. The minimum Gasteiger partial charge on any atom is -0.382 e. The summed E-state index contributed by atoms with van der Waals surface area (Å²) in [5.41, 5.74) is 8.73. The monoisotopic (exact) mass is 580 g/mol. The van der Waals surface area contributed by atoms with Crippen molar-refractivity contribution in [2.75, 3.05) is 31.2 Å². The van der Waals surface area contributed by atoms with E-state index >= 15 is 0 Å². The summed E-state index contributed by atoms with van der Waals surface area (Å²) in [6, 6.07) is 7.75. The number of anilines is 2. The third-order valence-corrected chi connectivity index (χ3v) is 7.86. The van der Waals surface area contributed by atoms with Gasteiger partial charge in [-0.15, -0.1) is 0 Å². The molecule has 2 saturated heterocycles. The van der Waals surface area contributed by atoms with Gasteiger partial charge in [0.05, 0.1) is 6.33 Å². The number of carbonyl (C=O) groups excluding carboxylic acids is 1. The highest BCUT2D eigenvalue weighted by atomic mass is 16.8. The molecule has 12 heteroatoms. The maximum Gasteiger partial charge on any atom is 0.319 e. The zero-order chi connectivity index (χ0) is 30.4. The number of urea groups is 1. The highest BCUT2D eigenvalue weighted by molar-refractivity contribution is 5.89. The predicted molar refractivity (Wildman–Crippen MR) is 161 cm³/mol. The van der Waals surface area contributed by atoms with Gasteiger partial charge in [-0.05, 0) is 64.3 Å². The highest BCUT2D eigenvalue weighted by Gasteiger charge is 2.56. The van der Waals surface area contributed by atoms with Crippen molar-refractivity contribution in [3.63, 3.8) is 0 Å². The van der Waals surface area contributed by atoms with E-state index in [0.29, 0.717) is 23.5 Å². The minimum atomic E-state index is -0.745. The van der Waals surface area contributed by atoms with Crippen LogP contribution in [0.1, 0.15) is 66.7 Å². The van der Waals surface area contributed by atoms with Gasteiger partial charge >= 0.3 is 6.03 Å². The Kier molecular flexibility index (Phi) is 7.94. The number of carbonyl (C=O) groups is 1. The SMILES string of the molecule is CN(CCC(C)(C)NC(=O)Nc1ccc(C(C)(C)C)cc1)C[C@H]1OC(n2cnc3c(N)ncnc32)[C@@H]2OC(C)(C)O[C@H]12. The molecule has 4 heterocycles. The van der Waals surface area contributed by atoms with E-state index < -0.39 is 17.6 Å². The Balaban J connectivity index is 1.18. The van der Waals surface area contributed by atoms with E-state index in [-0.39, 0.29) is 29.8 Å². The van der Waals surface area contributed by atoms with E-state index in [1.165, 1.54) is 11.9 Å². The molecule has 0 aliphatic carbocycles. The van der Waals surface area contributed by atoms with Gasteiger partial charge in [0.15, 0.2) is 23.5 Å². The van der Waals surface area contributed by atoms with Gasteiger partial charge in [-0.1, -0.05) is 32.9 Å². The summed E-state index contributed by atoms with van der Waals surface area (Å²) in [5.74, 6) is -0.429. The second-order valence-corrected chi connectivity index (χ2v) is 13.5. The van der Waals surface area contributed by atoms with Crippen LogP contribution >= 0.6 is 0 Å². The third-order valence-electron chi connectivity index (χ3n) is 7.86. The number of hydrogen-bond acceptors (Lipinski definition) is 9. The Morgan fingerprint density at radius 3 is 2.45 bits per heavy atom. The van der Waals surface area contributed by atoms with Crippen LogP contribution in [0.3, 0.4) is 0 Å². The molecule has 2 amide bonds. The molecule has 12 nitrogen and oxygen atoms in total. The second kappa shape index (κ2) is 11.1. The van der Waals surface area contributed by atoms with E-state index in [0.717, 1.165) is 18.7 Å². The second-order valence-electron chi connectivity index (χ2n) is 13.5. The molecule has 2 aliphatic heterocycles. The lowest BCUT2D eigenvalue weighted by Crippen LogP contribution is -2.48. The fraction of sp³-hybridized carbons (Fsp3) is 0.600. The number of hydrogen-bond donors (Lipinski definition) is 3. The van der Waals surface area contributed by atoms with E-state index in [1.54, 1.807) is 6.33 Å². The molecule has 5 rings (SSSR count). The zero-order valence-corrected chi connectivity index (χ0v) is 25.8. The number of nitrogens with two attached hydrogens (primary N) is 1. The van der Waals surface area contributed by atoms with Crippen LogP contribution in [-0.4, -0.2) is 80.2 Å². The van der Waals surface area contributed by atoms with Gasteiger partial charge in [-0.3, -0.25) is 4.57 Å². The molecule has 2 aliphatic rings. The average molecular weight is 581 g/mol. The number of nitrogens with one attached hydrogen (secondary N) is 2. The first-order valence-corrected chi connectivity index (χ1v) is 14.4. The molecule has 2 aromatic heterocycles. The average Bonchev–Trinajstić information content (AvgIpc) is 3.54. The van der Waals surface area contributed by atoms with E-state index in [9.17, 15) is 4.79 Å². The Morgan fingerprint density at radius 2 is 1.76 bits per heavy atom. The number of fused-ring (bicyclic) bond motifs is 2. The molecule has 0 spiro atoms. The number of aromatic nitrogens is 4. The van der Waals surface area contributed by atoms with Crippen LogP contribution < -0.4 is 16.4 Å². The van der Waals surface area contributed by atoms with Crippen molar-refractivity contribution in [3.8, 4) is 0 Å². The number of nitrogen functional groups attached to an aromatic ring is 1. The van der Waals surface area contributed by atoms with Crippen LogP contribution in [0.25, 0.3) is 11.2 Å². The number of imidazole rings is 1. The minimum absolute atomic E-state index is 0.0601. The number of rotatable bonds is 8. The van der Waals surface area contributed by atoms with Crippen LogP contribution in [0.15, 0.2) is 36.9 Å². The van der Waals surface area contributed by atoms with Crippen molar-refractivity contribution in [2.45, 2.75) is 96.2 Å². The van der Waals surface area contributed by atoms with E-state index in [2.05, 4.69) is 63.4 Å². The topological polar surface area (TPSA) is 142 Å².